The number of benzene rings is 1. The fraction of sp³-hybridized carbons (Fsp3) is 0.154. The monoisotopic (exact) mass is 248 g/mol. The van der Waals surface area contributed by atoms with E-state index < -0.39 is 5.82 Å². The Labute approximate surface area is 104 Å². The van der Waals surface area contributed by atoms with Gasteiger partial charge in [-0.15, -0.1) is 0 Å². The van der Waals surface area contributed by atoms with Crippen LogP contribution in [0.15, 0.2) is 30.6 Å². The fourth-order valence-electron chi connectivity index (χ4n) is 1.69. The Morgan fingerprint density at radius 3 is 2.56 bits per heavy atom. The zero-order chi connectivity index (χ0) is 13.1. The van der Waals surface area contributed by atoms with Crippen LogP contribution in [0.5, 0.6) is 11.5 Å². The second-order valence-corrected chi connectivity index (χ2v) is 3.65. The molecule has 0 spiro atoms. The highest BCUT2D eigenvalue weighted by Gasteiger charge is 2.12. The lowest BCUT2D eigenvalue weighted by Gasteiger charge is -2.11. The molecule has 0 aliphatic carbocycles. The minimum atomic E-state index is -0.532. The van der Waals surface area contributed by atoms with Crippen LogP contribution >= 0.6 is 0 Å². The second-order valence-electron chi connectivity index (χ2n) is 3.65. The molecule has 18 heavy (non-hydrogen) atoms. The van der Waals surface area contributed by atoms with E-state index in [1.165, 1.54) is 13.2 Å². The predicted octanol–water partition coefficient (Wildman–Crippen LogP) is 2.49. The van der Waals surface area contributed by atoms with E-state index in [1.807, 2.05) is 0 Å². The third kappa shape index (κ3) is 2.07. The highest BCUT2D eigenvalue weighted by Crippen LogP contribution is 2.35. The second kappa shape index (κ2) is 4.91. The maximum absolute atomic E-state index is 13.7. The molecule has 0 amide bonds. The smallest absolute Gasteiger partial charge is 0.150 e. The van der Waals surface area contributed by atoms with Crippen molar-refractivity contribution in [3.63, 3.8) is 0 Å². The van der Waals surface area contributed by atoms with Crippen LogP contribution in [0, 0.1) is 5.82 Å². The van der Waals surface area contributed by atoms with Crippen molar-refractivity contribution in [1.29, 1.82) is 0 Å². The Hall–Kier alpha value is -2.30. The van der Waals surface area contributed by atoms with Gasteiger partial charge in [0.05, 0.1) is 14.2 Å². The zero-order valence-corrected chi connectivity index (χ0v) is 10.1. The Kier molecular flexibility index (Phi) is 3.32. The number of aromatic nitrogens is 1. The number of anilines is 1. The first-order valence-electron chi connectivity index (χ1n) is 5.28. The van der Waals surface area contributed by atoms with E-state index in [2.05, 4.69) is 4.98 Å². The molecule has 0 bridgehead atoms. The molecule has 2 N–H and O–H groups in total. The van der Waals surface area contributed by atoms with Gasteiger partial charge in [0, 0.05) is 18.0 Å². The largest absolute Gasteiger partial charge is 0.496 e. The summed E-state index contributed by atoms with van der Waals surface area (Å²) in [5.74, 6) is 0.363. The van der Waals surface area contributed by atoms with Crippen LogP contribution in [0.4, 0.5) is 10.1 Å². The van der Waals surface area contributed by atoms with E-state index >= 15 is 0 Å². The number of rotatable bonds is 3. The van der Waals surface area contributed by atoms with E-state index in [-0.39, 0.29) is 11.4 Å². The summed E-state index contributed by atoms with van der Waals surface area (Å²) in [6.45, 7) is 0. The van der Waals surface area contributed by atoms with Gasteiger partial charge >= 0.3 is 0 Å². The molecule has 0 aliphatic heterocycles. The Morgan fingerprint density at radius 2 is 1.89 bits per heavy atom. The van der Waals surface area contributed by atoms with Crippen LogP contribution in [-0.4, -0.2) is 19.2 Å². The van der Waals surface area contributed by atoms with Crippen LogP contribution in [0.1, 0.15) is 0 Å². The van der Waals surface area contributed by atoms with Gasteiger partial charge in [-0.3, -0.25) is 4.98 Å². The molecule has 0 fully saturated rings. The number of halogens is 1. The molecule has 0 radical (unpaired) electrons. The summed E-state index contributed by atoms with van der Waals surface area (Å²) >= 11 is 0. The zero-order valence-electron chi connectivity index (χ0n) is 10.1. The molecule has 5 heteroatoms. The van der Waals surface area contributed by atoms with Gasteiger partial charge in [0.1, 0.15) is 17.2 Å². The minimum absolute atomic E-state index is 0.0101. The van der Waals surface area contributed by atoms with Crippen molar-refractivity contribution < 1.29 is 13.9 Å². The minimum Gasteiger partial charge on any atom is -0.496 e. The highest BCUT2D eigenvalue weighted by atomic mass is 19.1. The van der Waals surface area contributed by atoms with E-state index in [4.69, 9.17) is 15.2 Å². The van der Waals surface area contributed by atoms with E-state index in [9.17, 15) is 4.39 Å². The maximum Gasteiger partial charge on any atom is 0.150 e. The first kappa shape index (κ1) is 12.2. The lowest BCUT2D eigenvalue weighted by Crippen LogP contribution is -1.97. The van der Waals surface area contributed by atoms with Gasteiger partial charge in [-0.25, -0.2) is 4.39 Å². The van der Waals surface area contributed by atoms with E-state index in [0.29, 0.717) is 16.9 Å². The summed E-state index contributed by atoms with van der Waals surface area (Å²) < 4.78 is 23.9. The summed E-state index contributed by atoms with van der Waals surface area (Å²) in [7, 11) is 2.99. The molecule has 1 heterocycles. The molecule has 0 unspecified atom stereocenters. The summed E-state index contributed by atoms with van der Waals surface area (Å²) in [5.41, 5.74) is 6.83. The summed E-state index contributed by atoms with van der Waals surface area (Å²) in [5, 5.41) is 0. The number of nitrogens with two attached hydrogens (primary N) is 1. The molecular weight excluding hydrogens is 235 g/mol. The number of methoxy groups -OCH3 is 2. The molecule has 1 aromatic heterocycles. The fourth-order valence-corrected chi connectivity index (χ4v) is 1.69. The van der Waals surface area contributed by atoms with Crippen LogP contribution in [0.2, 0.25) is 0 Å². The van der Waals surface area contributed by atoms with Gasteiger partial charge in [0.15, 0.2) is 5.82 Å². The van der Waals surface area contributed by atoms with Crippen molar-refractivity contribution in [2.45, 2.75) is 0 Å². The summed E-state index contributed by atoms with van der Waals surface area (Å²) in [6, 6.07) is 4.69. The van der Waals surface area contributed by atoms with Gasteiger partial charge in [0.25, 0.3) is 0 Å². The normalized spacial score (nSPS) is 10.2. The third-order valence-electron chi connectivity index (χ3n) is 2.62. The Morgan fingerprint density at radius 1 is 1.17 bits per heavy atom. The molecule has 4 nitrogen and oxygen atoms in total. The lowest BCUT2D eigenvalue weighted by molar-refractivity contribution is 0.413. The molecule has 1 aromatic carbocycles. The molecule has 0 saturated heterocycles. The number of hydrogen-bond acceptors (Lipinski definition) is 4. The molecule has 2 aromatic rings. The van der Waals surface area contributed by atoms with E-state index in [0.717, 1.165) is 0 Å². The van der Waals surface area contributed by atoms with Crippen molar-refractivity contribution in [3.05, 3.63) is 36.4 Å². The van der Waals surface area contributed by atoms with Crippen molar-refractivity contribution in [2.24, 2.45) is 0 Å². The van der Waals surface area contributed by atoms with Crippen molar-refractivity contribution >= 4 is 5.69 Å². The van der Waals surface area contributed by atoms with Crippen molar-refractivity contribution in [2.75, 3.05) is 20.0 Å². The standard InChI is InChI=1S/C13H13FN2O2/c1-17-11-3-4-16-7-9(11)8-5-10(14)13(15)12(6-8)18-2/h3-7H,15H2,1-2H3. The summed E-state index contributed by atoms with van der Waals surface area (Å²) in [4.78, 5) is 4.00. The van der Waals surface area contributed by atoms with E-state index in [1.54, 1.807) is 31.6 Å². The Bertz CT molecular complexity index is 573. The van der Waals surface area contributed by atoms with Crippen LogP contribution in [-0.2, 0) is 0 Å². The molecular formula is C13H13FN2O2. The maximum atomic E-state index is 13.7. The first-order valence-corrected chi connectivity index (χ1v) is 5.28. The van der Waals surface area contributed by atoms with Crippen LogP contribution < -0.4 is 15.2 Å². The highest BCUT2D eigenvalue weighted by molar-refractivity contribution is 5.74. The SMILES string of the molecule is COc1ccncc1-c1cc(F)c(N)c(OC)c1. The number of pyridine rings is 1. The van der Waals surface area contributed by atoms with Gasteiger partial charge in [-0.1, -0.05) is 0 Å². The molecule has 0 saturated carbocycles. The average Bonchev–Trinajstić information content (AvgIpc) is 2.41. The number of ether oxygens (including phenoxy) is 2. The lowest BCUT2D eigenvalue weighted by atomic mass is 10.1. The van der Waals surface area contributed by atoms with Crippen LogP contribution in [0.25, 0.3) is 11.1 Å². The Balaban J connectivity index is 2.61. The van der Waals surface area contributed by atoms with Crippen molar-refractivity contribution in [3.8, 4) is 22.6 Å². The first-order chi connectivity index (χ1) is 8.67. The van der Waals surface area contributed by atoms with Crippen molar-refractivity contribution in [1.82, 2.24) is 4.98 Å². The molecule has 0 aliphatic rings. The van der Waals surface area contributed by atoms with Gasteiger partial charge < -0.3 is 15.2 Å². The molecule has 94 valence electrons. The number of nitrogen functional groups attached to an aromatic ring is 1. The number of hydrogen-bond donors (Lipinski definition) is 1. The average molecular weight is 248 g/mol. The van der Waals surface area contributed by atoms with Crippen LogP contribution in [0.3, 0.4) is 0 Å². The third-order valence-corrected chi connectivity index (χ3v) is 2.62. The van der Waals surface area contributed by atoms with Gasteiger partial charge in [0.2, 0.25) is 0 Å². The summed E-state index contributed by atoms with van der Waals surface area (Å²) in [6.07, 6.45) is 3.20. The number of nitrogens with zero attached hydrogens (tertiary/aromatic N) is 1. The topological polar surface area (TPSA) is 57.4 Å². The van der Waals surface area contributed by atoms with Gasteiger partial charge in [-0.05, 0) is 23.8 Å². The predicted molar refractivity (Wildman–Crippen MR) is 67.1 cm³/mol. The molecule has 2 rings (SSSR count). The quantitative estimate of drug-likeness (QED) is 0.848. The molecule has 0 atom stereocenters. The van der Waals surface area contributed by atoms with Gasteiger partial charge in [-0.2, -0.15) is 0 Å².